The minimum atomic E-state index is -3.84. The van der Waals surface area contributed by atoms with E-state index >= 15 is 0 Å². The van der Waals surface area contributed by atoms with Crippen molar-refractivity contribution in [2.75, 3.05) is 5.01 Å². The van der Waals surface area contributed by atoms with Crippen LogP contribution in [0.5, 0.6) is 0 Å². The number of carbonyl (C=O) groups is 2. The second kappa shape index (κ2) is 7.91. The third-order valence-electron chi connectivity index (χ3n) is 4.78. The Bertz CT molecular complexity index is 1400. The molecule has 0 saturated heterocycles. The molecule has 2 heterocycles. The highest BCUT2D eigenvalue weighted by molar-refractivity contribution is 7.89. The van der Waals surface area contributed by atoms with Crippen LogP contribution in [0.2, 0.25) is 0 Å². The summed E-state index contributed by atoms with van der Waals surface area (Å²) in [6.45, 7) is 1.67. The van der Waals surface area contributed by atoms with Gasteiger partial charge in [0.05, 0.1) is 27.4 Å². The van der Waals surface area contributed by atoms with Crippen LogP contribution in [0.4, 0.5) is 5.69 Å². The molecular formula is C22H17N3O6S. The Hall–Kier alpha value is -4.02. The lowest BCUT2D eigenvalue weighted by Crippen LogP contribution is -2.21. The number of nitrogens with two attached hydrogens (primary N) is 1. The normalized spacial score (nSPS) is 15.3. The zero-order valence-electron chi connectivity index (χ0n) is 16.7. The molecule has 162 valence electrons. The smallest absolute Gasteiger partial charge is 0.335 e. The van der Waals surface area contributed by atoms with E-state index < -0.39 is 21.9 Å². The van der Waals surface area contributed by atoms with Crippen molar-refractivity contribution in [3.63, 3.8) is 0 Å². The van der Waals surface area contributed by atoms with Crippen molar-refractivity contribution < 1.29 is 27.5 Å². The maximum atomic E-state index is 12.9. The number of amides is 1. The van der Waals surface area contributed by atoms with Gasteiger partial charge in [0.2, 0.25) is 10.0 Å². The lowest BCUT2D eigenvalue weighted by atomic mass is 10.1. The molecular weight excluding hydrogens is 434 g/mol. The number of benzene rings is 2. The Morgan fingerprint density at radius 1 is 1.12 bits per heavy atom. The van der Waals surface area contributed by atoms with Crippen LogP contribution in [-0.2, 0) is 14.8 Å². The summed E-state index contributed by atoms with van der Waals surface area (Å²) in [7, 11) is -3.84. The van der Waals surface area contributed by atoms with Gasteiger partial charge in [-0.25, -0.2) is 18.4 Å². The monoisotopic (exact) mass is 451 g/mol. The number of nitrogens with zero attached hydrogens (tertiary/aromatic N) is 2. The van der Waals surface area contributed by atoms with Gasteiger partial charge in [0.25, 0.3) is 5.91 Å². The lowest BCUT2D eigenvalue weighted by molar-refractivity contribution is -0.114. The van der Waals surface area contributed by atoms with Gasteiger partial charge < -0.3 is 9.52 Å². The number of sulfonamides is 1. The molecule has 32 heavy (non-hydrogen) atoms. The molecule has 2 aromatic carbocycles. The van der Waals surface area contributed by atoms with E-state index in [0.717, 1.165) is 5.01 Å². The molecule has 0 saturated carbocycles. The molecule has 1 aliphatic heterocycles. The topological polar surface area (TPSA) is 143 Å². The van der Waals surface area contributed by atoms with Gasteiger partial charge in [-0.15, -0.1) is 0 Å². The summed E-state index contributed by atoms with van der Waals surface area (Å²) in [4.78, 5) is 24.0. The quantitative estimate of drug-likeness (QED) is 0.571. The minimum Gasteiger partial charge on any atom is -0.478 e. The lowest BCUT2D eigenvalue weighted by Gasteiger charge is -2.11. The second-order valence-corrected chi connectivity index (χ2v) is 8.55. The van der Waals surface area contributed by atoms with Crippen LogP contribution >= 0.6 is 0 Å². The third kappa shape index (κ3) is 4.09. The number of hydrogen-bond acceptors (Lipinski definition) is 6. The molecule has 9 nitrogen and oxygen atoms in total. The van der Waals surface area contributed by atoms with E-state index in [4.69, 9.17) is 14.7 Å². The average Bonchev–Trinajstić information content (AvgIpc) is 3.34. The van der Waals surface area contributed by atoms with E-state index in [9.17, 15) is 18.0 Å². The number of rotatable bonds is 5. The summed E-state index contributed by atoms with van der Waals surface area (Å²) in [6.07, 6.45) is 1.55. The van der Waals surface area contributed by atoms with Gasteiger partial charge in [-0.05, 0) is 61.5 Å². The van der Waals surface area contributed by atoms with Crippen LogP contribution < -0.4 is 10.1 Å². The number of hydrogen-bond donors (Lipinski definition) is 2. The maximum absolute atomic E-state index is 12.9. The first kappa shape index (κ1) is 21.2. The largest absolute Gasteiger partial charge is 0.478 e. The SMILES string of the molecule is CC1=NN(c2ccc(S(N)(=O)=O)cc2)C(=O)/C1=C\c1ccc(-c2cccc(C(=O)O)c2)o1. The molecule has 10 heteroatoms. The van der Waals surface area contributed by atoms with Gasteiger partial charge in [-0.2, -0.15) is 10.1 Å². The van der Waals surface area contributed by atoms with Crippen molar-refractivity contribution in [1.29, 1.82) is 0 Å². The Balaban J connectivity index is 1.60. The summed E-state index contributed by atoms with van der Waals surface area (Å²) in [6, 6.07) is 15.2. The maximum Gasteiger partial charge on any atom is 0.335 e. The molecule has 3 N–H and O–H groups in total. The number of carboxylic acid groups (broad SMARTS) is 1. The number of hydrazone groups is 1. The van der Waals surface area contributed by atoms with Crippen molar-refractivity contribution in [2.45, 2.75) is 11.8 Å². The van der Waals surface area contributed by atoms with Crippen molar-refractivity contribution >= 4 is 39.4 Å². The summed E-state index contributed by atoms with van der Waals surface area (Å²) in [5.74, 6) is -0.599. The van der Waals surface area contributed by atoms with Crippen LogP contribution in [0.3, 0.4) is 0 Å². The Kier molecular flexibility index (Phi) is 5.25. The Morgan fingerprint density at radius 2 is 1.84 bits per heavy atom. The summed E-state index contributed by atoms with van der Waals surface area (Å²) < 4.78 is 28.6. The van der Waals surface area contributed by atoms with E-state index in [0.29, 0.717) is 34.1 Å². The molecule has 0 atom stereocenters. The van der Waals surface area contributed by atoms with E-state index in [2.05, 4.69) is 5.10 Å². The standard InChI is InChI=1S/C22H17N3O6S/c1-13-19(21(26)25(24-13)16-5-8-18(9-6-16)32(23,29)30)12-17-7-10-20(31-17)14-3-2-4-15(11-14)22(27)28/h2-12H,1H3,(H,27,28)(H2,23,29,30)/b19-12-. The van der Waals surface area contributed by atoms with Crippen molar-refractivity contribution in [1.82, 2.24) is 0 Å². The van der Waals surface area contributed by atoms with Crippen LogP contribution in [-0.4, -0.2) is 31.1 Å². The highest BCUT2D eigenvalue weighted by Crippen LogP contribution is 2.28. The predicted molar refractivity (Wildman–Crippen MR) is 117 cm³/mol. The van der Waals surface area contributed by atoms with Crippen molar-refractivity contribution in [2.24, 2.45) is 10.2 Å². The zero-order chi connectivity index (χ0) is 23.0. The fourth-order valence-corrected chi connectivity index (χ4v) is 3.69. The van der Waals surface area contributed by atoms with Gasteiger partial charge in [-0.1, -0.05) is 12.1 Å². The molecule has 1 aliphatic rings. The first-order valence-corrected chi connectivity index (χ1v) is 10.9. The van der Waals surface area contributed by atoms with Gasteiger partial charge in [0, 0.05) is 5.56 Å². The highest BCUT2D eigenvalue weighted by Gasteiger charge is 2.29. The Morgan fingerprint density at radius 3 is 2.50 bits per heavy atom. The van der Waals surface area contributed by atoms with E-state index in [1.807, 2.05) is 0 Å². The molecule has 4 rings (SSSR count). The van der Waals surface area contributed by atoms with Crippen LogP contribution in [0.15, 0.2) is 80.7 Å². The van der Waals surface area contributed by atoms with E-state index in [1.165, 1.54) is 36.4 Å². The molecule has 3 aromatic rings. The first-order valence-electron chi connectivity index (χ1n) is 9.31. The molecule has 0 radical (unpaired) electrons. The Labute approximate surface area is 183 Å². The fourth-order valence-electron chi connectivity index (χ4n) is 3.17. The number of carboxylic acids is 1. The van der Waals surface area contributed by atoms with Gasteiger partial charge in [0.15, 0.2) is 0 Å². The number of furan rings is 1. The molecule has 1 amide bonds. The molecule has 0 unspecified atom stereocenters. The number of carbonyl (C=O) groups excluding carboxylic acids is 1. The molecule has 1 aromatic heterocycles. The van der Waals surface area contributed by atoms with Crippen LogP contribution in [0, 0.1) is 0 Å². The van der Waals surface area contributed by atoms with E-state index in [1.54, 1.807) is 37.3 Å². The molecule has 0 aliphatic carbocycles. The number of aromatic carboxylic acids is 1. The zero-order valence-corrected chi connectivity index (χ0v) is 17.5. The second-order valence-electron chi connectivity index (χ2n) is 6.99. The van der Waals surface area contributed by atoms with Gasteiger partial charge >= 0.3 is 5.97 Å². The molecule has 0 fully saturated rings. The van der Waals surface area contributed by atoms with Crippen molar-refractivity contribution in [3.05, 3.63) is 77.6 Å². The fraction of sp³-hybridized carbons (Fsp3) is 0.0455. The summed E-state index contributed by atoms with van der Waals surface area (Å²) >= 11 is 0. The average molecular weight is 451 g/mol. The van der Waals surface area contributed by atoms with Crippen molar-refractivity contribution in [3.8, 4) is 11.3 Å². The minimum absolute atomic E-state index is 0.0700. The highest BCUT2D eigenvalue weighted by atomic mass is 32.2. The predicted octanol–water partition coefficient (Wildman–Crippen LogP) is 3.10. The van der Waals surface area contributed by atoms with Gasteiger partial charge in [0.1, 0.15) is 11.5 Å². The first-order chi connectivity index (χ1) is 15.1. The van der Waals surface area contributed by atoms with E-state index in [-0.39, 0.29) is 10.5 Å². The van der Waals surface area contributed by atoms with Crippen LogP contribution in [0.25, 0.3) is 17.4 Å². The molecule has 0 bridgehead atoms. The van der Waals surface area contributed by atoms with Gasteiger partial charge in [-0.3, -0.25) is 4.79 Å². The number of primary sulfonamides is 1. The summed E-state index contributed by atoms with van der Waals surface area (Å²) in [5, 5.41) is 19.7. The number of anilines is 1. The molecule has 0 spiro atoms. The third-order valence-corrected chi connectivity index (χ3v) is 5.71. The summed E-state index contributed by atoms with van der Waals surface area (Å²) in [5.41, 5.74) is 1.87. The van der Waals surface area contributed by atoms with Crippen LogP contribution in [0.1, 0.15) is 23.0 Å².